The normalized spacial score (nSPS) is 12.2. The van der Waals surface area contributed by atoms with Crippen LogP contribution in [0.2, 0.25) is 0 Å². The predicted molar refractivity (Wildman–Crippen MR) is 80.6 cm³/mol. The molecule has 0 radical (unpaired) electrons. The fraction of sp³-hybridized carbons (Fsp3) is 0.294. The standard InChI is InChI=1S/C17H19F2NO2/c1-12(17-14(18)6-4-7-15(17)19)20-11-13-5-2-3-8-16(13)22-10-9-21/h2-8,12,20-21H,9-11H2,1H3. The third-order valence-corrected chi connectivity index (χ3v) is 3.35. The van der Waals surface area contributed by atoms with E-state index in [-0.39, 0.29) is 18.8 Å². The Labute approximate surface area is 128 Å². The molecule has 2 aromatic carbocycles. The highest BCUT2D eigenvalue weighted by atomic mass is 19.1. The lowest BCUT2D eigenvalue weighted by molar-refractivity contribution is 0.200. The molecular weight excluding hydrogens is 288 g/mol. The van der Waals surface area contributed by atoms with Crippen molar-refractivity contribution in [1.29, 1.82) is 0 Å². The number of nitrogens with one attached hydrogen (secondary N) is 1. The van der Waals surface area contributed by atoms with Crippen LogP contribution in [-0.4, -0.2) is 18.3 Å². The molecule has 1 atom stereocenters. The molecule has 0 aliphatic carbocycles. The number of hydrogen-bond donors (Lipinski definition) is 2. The molecule has 0 aromatic heterocycles. The SMILES string of the molecule is CC(NCc1ccccc1OCCO)c1c(F)cccc1F. The molecule has 0 fully saturated rings. The first-order valence-corrected chi connectivity index (χ1v) is 7.12. The van der Waals surface area contributed by atoms with E-state index in [2.05, 4.69) is 5.32 Å². The number of ether oxygens (including phenoxy) is 1. The summed E-state index contributed by atoms with van der Waals surface area (Å²) < 4.78 is 32.9. The van der Waals surface area contributed by atoms with Crippen molar-refractivity contribution in [1.82, 2.24) is 5.32 Å². The van der Waals surface area contributed by atoms with Crippen molar-refractivity contribution in [3.63, 3.8) is 0 Å². The van der Waals surface area contributed by atoms with E-state index < -0.39 is 17.7 Å². The van der Waals surface area contributed by atoms with Crippen molar-refractivity contribution in [2.75, 3.05) is 13.2 Å². The van der Waals surface area contributed by atoms with Gasteiger partial charge in [0.05, 0.1) is 6.61 Å². The van der Waals surface area contributed by atoms with E-state index >= 15 is 0 Å². The Morgan fingerprint density at radius 2 is 1.77 bits per heavy atom. The van der Waals surface area contributed by atoms with Gasteiger partial charge in [-0.1, -0.05) is 24.3 Å². The molecule has 1 unspecified atom stereocenters. The number of aliphatic hydroxyl groups excluding tert-OH is 1. The molecule has 0 amide bonds. The van der Waals surface area contributed by atoms with Crippen LogP contribution >= 0.6 is 0 Å². The summed E-state index contributed by atoms with van der Waals surface area (Å²) in [6.45, 7) is 2.24. The van der Waals surface area contributed by atoms with Crippen LogP contribution in [0.4, 0.5) is 8.78 Å². The third kappa shape index (κ3) is 4.02. The maximum absolute atomic E-state index is 13.7. The highest BCUT2D eigenvalue weighted by Gasteiger charge is 2.16. The summed E-state index contributed by atoms with van der Waals surface area (Å²) in [5.74, 6) is -0.486. The summed E-state index contributed by atoms with van der Waals surface area (Å²) in [7, 11) is 0. The number of benzene rings is 2. The summed E-state index contributed by atoms with van der Waals surface area (Å²) >= 11 is 0. The van der Waals surface area contributed by atoms with Gasteiger partial charge in [-0.2, -0.15) is 0 Å². The Balaban J connectivity index is 2.07. The molecule has 5 heteroatoms. The van der Waals surface area contributed by atoms with Crippen LogP contribution in [0.15, 0.2) is 42.5 Å². The van der Waals surface area contributed by atoms with Crippen LogP contribution in [-0.2, 0) is 6.54 Å². The molecule has 0 aliphatic heterocycles. The van der Waals surface area contributed by atoms with Gasteiger partial charge in [0.2, 0.25) is 0 Å². The minimum atomic E-state index is -0.565. The zero-order chi connectivity index (χ0) is 15.9. The van der Waals surface area contributed by atoms with Crippen molar-refractivity contribution in [3.05, 3.63) is 65.2 Å². The molecule has 0 heterocycles. The van der Waals surface area contributed by atoms with E-state index in [1.165, 1.54) is 18.2 Å². The van der Waals surface area contributed by atoms with E-state index in [9.17, 15) is 8.78 Å². The van der Waals surface area contributed by atoms with Crippen molar-refractivity contribution < 1.29 is 18.6 Å². The van der Waals surface area contributed by atoms with Gasteiger partial charge in [0.1, 0.15) is 24.0 Å². The molecule has 0 saturated carbocycles. The monoisotopic (exact) mass is 307 g/mol. The van der Waals surface area contributed by atoms with Gasteiger partial charge in [0.25, 0.3) is 0 Å². The second kappa shape index (κ2) is 7.87. The second-order valence-electron chi connectivity index (χ2n) is 4.92. The van der Waals surface area contributed by atoms with Crippen molar-refractivity contribution in [3.8, 4) is 5.75 Å². The molecule has 3 nitrogen and oxygen atoms in total. The third-order valence-electron chi connectivity index (χ3n) is 3.35. The predicted octanol–water partition coefficient (Wildman–Crippen LogP) is 3.19. The highest BCUT2D eigenvalue weighted by molar-refractivity contribution is 5.33. The fourth-order valence-electron chi connectivity index (χ4n) is 2.24. The van der Waals surface area contributed by atoms with Gasteiger partial charge in [-0.05, 0) is 25.1 Å². The zero-order valence-electron chi connectivity index (χ0n) is 12.4. The molecule has 2 N–H and O–H groups in total. The van der Waals surface area contributed by atoms with Gasteiger partial charge >= 0.3 is 0 Å². The fourth-order valence-corrected chi connectivity index (χ4v) is 2.24. The average Bonchev–Trinajstić information content (AvgIpc) is 2.51. The number of halogens is 2. The van der Waals surface area contributed by atoms with Crippen LogP contribution < -0.4 is 10.1 Å². The number of para-hydroxylation sites is 1. The van der Waals surface area contributed by atoms with E-state index in [4.69, 9.17) is 9.84 Å². The first kappa shape index (κ1) is 16.4. The molecular formula is C17H19F2NO2. The second-order valence-corrected chi connectivity index (χ2v) is 4.92. The molecule has 0 aliphatic rings. The number of hydrogen-bond acceptors (Lipinski definition) is 3. The minimum Gasteiger partial charge on any atom is -0.491 e. The van der Waals surface area contributed by atoms with Gasteiger partial charge in [-0.3, -0.25) is 0 Å². The molecule has 0 saturated heterocycles. The molecule has 2 rings (SSSR count). The first-order chi connectivity index (χ1) is 10.6. The molecule has 0 bridgehead atoms. The van der Waals surface area contributed by atoms with E-state index in [1.54, 1.807) is 13.0 Å². The first-order valence-electron chi connectivity index (χ1n) is 7.12. The Hall–Kier alpha value is -1.98. The maximum atomic E-state index is 13.7. The largest absolute Gasteiger partial charge is 0.491 e. The lowest BCUT2D eigenvalue weighted by Crippen LogP contribution is -2.21. The average molecular weight is 307 g/mol. The van der Waals surface area contributed by atoms with Gasteiger partial charge in [-0.15, -0.1) is 0 Å². The van der Waals surface area contributed by atoms with Crippen molar-refractivity contribution in [2.45, 2.75) is 19.5 Å². The van der Waals surface area contributed by atoms with Crippen molar-refractivity contribution in [2.24, 2.45) is 0 Å². The number of rotatable bonds is 7. The Bertz CT molecular complexity index is 599. The lowest BCUT2D eigenvalue weighted by Gasteiger charge is -2.17. The van der Waals surface area contributed by atoms with Crippen molar-refractivity contribution >= 4 is 0 Å². The molecule has 2 aromatic rings. The topological polar surface area (TPSA) is 41.5 Å². The minimum absolute atomic E-state index is 0.0243. The van der Waals surface area contributed by atoms with Crippen LogP contribution in [0.1, 0.15) is 24.1 Å². The molecule has 22 heavy (non-hydrogen) atoms. The quantitative estimate of drug-likeness (QED) is 0.825. The van der Waals surface area contributed by atoms with E-state index in [1.807, 2.05) is 18.2 Å². The maximum Gasteiger partial charge on any atom is 0.130 e. The van der Waals surface area contributed by atoms with Gasteiger partial charge in [0, 0.05) is 23.7 Å². The van der Waals surface area contributed by atoms with Crippen LogP contribution in [0, 0.1) is 11.6 Å². The zero-order valence-corrected chi connectivity index (χ0v) is 12.4. The smallest absolute Gasteiger partial charge is 0.130 e. The van der Waals surface area contributed by atoms with Gasteiger partial charge in [-0.25, -0.2) is 8.78 Å². The summed E-state index contributed by atoms with van der Waals surface area (Å²) in [6, 6.07) is 10.7. The summed E-state index contributed by atoms with van der Waals surface area (Å²) in [6.07, 6.45) is 0. The molecule has 0 spiro atoms. The summed E-state index contributed by atoms with van der Waals surface area (Å²) in [5, 5.41) is 11.9. The van der Waals surface area contributed by atoms with Gasteiger partial charge < -0.3 is 15.2 Å². The Morgan fingerprint density at radius 3 is 2.45 bits per heavy atom. The summed E-state index contributed by atoms with van der Waals surface area (Å²) in [5.41, 5.74) is 0.885. The van der Waals surface area contributed by atoms with E-state index in [0.717, 1.165) is 5.56 Å². The van der Waals surface area contributed by atoms with Gasteiger partial charge in [0.15, 0.2) is 0 Å². The van der Waals surface area contributed by atoms with E-state index in [0.29, 0.717) is 12.3 Å². The Kier molecular flexibility index (Phi) is 5.86. The highest BCUT2D eigenvalue weighted by Crippen LogP contribution is 2.22. The van der Waals surface area contributed by atoms with Crippen LogP contribution in [0.3, 0.4) is 0 Å². The molecule has 118 valence electrons. The lowest BCUT2D eigenvalue weighted by atomic mass is 10.1. The van der Waals surface area contributed by atoms with Crippen LogP contribution in [0.5, 0.6) is 5.75 Å². The number of aliphatic hydroxyl groups is 1. The summed E-state index contributed by atoms with van der Waals surface area (Å²) in [4.78, 5) is 0. The van der Waals surface area contributed by atoms with Crippen LogP contribution in [0.25, 0.3) is 0 Å². The Morgan fingerprint density at radius 1 is 1.09 bits per heavy atom.